The first kappa shape index (κ1) is 11.4. The maximum atomic E-state index is 12.8. The largest absolute Gasteiger partial charge is 0.349 e. The number of alkyl halides is 1. The minimum atomic E-state index is -0.365. The van der Waals surface area contributed by atoms with Crippen LogP contribution >= 0.6 is 23.2 Å². The van der Waals surface area contributed by atoms with Crippen LogP contribution in [0.4, 0.5) is 4.39 Å². The van der Waals surface area contributed by atoms with Crippen LogP contribution < -0.4 is 0 Å². The van der Waals surface area contributed by atoms with E-state index in [1.165, 1.54) is 12.1 Å². The predicted octanol–water partition coefficient (Wildman–Crippen LogP) is 3.72. The van der Waals surface area contributed by atoms with Gasteiger partial charge in [0.25, 0.3) is 0 Å². The maximum Gasteiger partial charge on any atom is 0.124 e. The van der Waals surface area contributed by atoms with Gasteiger partial charge < -0.3 is 4.98 Å². The Balaban J connectivity index is 2.17. The van der Waals surface area contributed by atoms with E-state index in [2.05, 4.69) is 9.97 Å². The van der Waals surface area contributed by atoms with Crippen LogP contribution in [0.3, 0.4) is 0 Å². The number of hydrogen-bond donors (Lipinski definition) is 1. The monoisotopic (exact) mass is 258 g/mol. The lowest BCUT2D eigenvalue weighted by atomic mass is 10.1. The van der Waals surface area contributed by atoms with E-state index in [1.54, 1.807) is 18.5 Å². The van der Waals surface area contributed by atoms with Crippen molar-refractivity contribution in [3.05, 3.63) is 52.8 Å². The molecule has 1 heterocycles. The van der Waals surface area contributed by atoms with Crippen LogP contribution in [0.1, 0.15) is 16.8 Å². The van der Waals surface area contributed by atoms with Crippen LogP contribution in [0.25, 0.3) is 0 Å². The van der Waals surface area contributed by atoms with Crippen LogP contribution in [0, 0.1) is 5.82 Å². The van der Waals surface area contributed by atoms with Crippen molar-refractivity contribution in [3.8, 4) is 0 Å². The molecule has 0 saturated carbocycles. The summed E-state index contributed by atoms with van der Waals surface area (Å²) in [6, 6.07) is 4.20. The number of aromatic nitrogens is 2. The van der Waals surface area contributed by atoms with Gasteiger partial charge in [-0.1, -0.05) is 17.7 Å². The number of halogens is 3. The molecule has 0 saturated heterocycles. The minimum Gasteiger partial charge on any atom is -0.349 e. The van der Waals surface area contributed by atoms with Crippen LogP contribution in [-0.2, 0) is 6.42 Å². The summed E-state index contributed by atoms with van der Waals surface area (Å²) in [6.45, 7) is 0. The highest BCUT2D eigenvalue weighted by Gasteiger charge is 2.14. The molecule has 1 aromatic carbocycles. The highest BCUT2D eigenvalue weighted by Crippen LogP contribution is 2.30. The number of benzene rings is 1. The number of aromatic amines is 1. The molecule has 0 fully saturated rings. The fourth-order valence-corrected chi connectivity index (χ4v) is 2.14. The molecule has 0 aliphatic carbocycles. The first-order chi connectivity index (χ1) is 7.66. The Morgan fingerprint density at radius 2 is 2.25 bits per heavy atom. The molecule has 1 N–H and O–H groups in total. The van der Waals surface area contributed by atoms with Gasteiger partial charge in [-0.3, -0.25) is 0 Å². The predicted molar refractivity (Wildman–Crippen MR) is 62.3 cm³/mol. The van der Waals surface area contributed by atoms with Crippen molar-refractivity contribution in [3.63, 3.8) is 0 Å². The number of imidazole rings is 1. The van der Waals surface area contributed by atoms with Gasteiger partial charge in [-0.2, -0.15) is 0 Å². The minimum absolute atomic E-state index is 0.320. The van der Waals surface area contributed by atoms with Crippen molar-refractivity contribution < 1.29 is 4.39 Å². The molecule has 0 amide bonds. The number of nitrogens with one attached hydrogen (secondary N) is 1. The second-order valence-electron chi connectivity index (χ2n) is 3.37. The molecule has 0 radical (unpaired) electrons. The summed E-state index contributed by atoms with van der Waals surface area (Å²) in [4.78, 5) is 7.03. The summed E-state index contributed by atoms with van der Waals surface area (Å²) < 4.78 is 12.8. The highest BCUT2D eigenvalue weighted by molar-refractivity contribution is 6.32. The van der Waals surface area contributed by atoms with E-state index in [4.69, 9.17) is 23.2 Å². The van der Waals surface area contributed by atoms with Gasteiger partial charge in [-0.25, -0.2) is 9.37 Å². The smallest absolute Gasteiger partial charge is 0.124 e. The number of hydrogen-bond acceptors (Lipinski definition) is 1. The summed E-state index contributed by atoms with van der Waals surface area (Å²) >= 11 is 12.1. The fraction of sp³-hybridized carbons (Fsp3) is 0.182. The number of H-pyrrole nitrogens is 1. The lowest BCUT2D eigenvalue weighted by Crippen LogP contribution is -1.99. The van der Waals surface area contributed by atoms with Crippen LogP contribution in [0.5, 0.6) is 0 Å². The average molecular weight is 259 g/mol. The first-order valence-corrected chi connectivity index (χ1v) is 5.55. The Bertz CT molecular complexity index is 471. The number of rotatable bonds is 3. The zero-order chi connectivity index (χ0) is 11.5. The summed E-state index contributed by atoms with van der Waals surface area (Å²) in [5.74, 6) is 0.413. The van der Waals surface area contributed by atoms with Gasteiger partial charge in [0.2, 0.25) is 0 Å². The second-order valence-corrected chi connectivity index (χ2v) is 4.31. The van der Waals surface area contributed by atoms with Gasteiger partial charge in [0, 0.05) is 23.8 Å². The average Bonchev–Trinajstić information content (AvgIpc) is 2.70. The third-order valence-corrected chi connectivity index (χ3v) is 2.94. The first-order valence-electron chi connectivity index (χ1n) is 4.74. The van der Waals surface area contributed by atoms with E-state index in [9.17, 15) is 4.39 Å². The SMILES string of the molecule is Fc1ccc(C(Cl)Cc2ncc[nH]2)c(Cl)c1. The highest BCUT2D eigenvalue weighted by atomic mass is 35.5. The molecule has 16 heavy (non-hydrogen) atoms. The van der Waals surface area contributed by atoms with Gasteiger partial charge >= 0.3 is 0 Å². The van der Waals surface area contributed by atoms with Gasteiger partial charge in [0.05, 0.1) is 5.38 Å². The van der Waals surface area contributed by atoms with Gasteiger partial charge in [0.15, 0.2) is 0 Å². The second kappa shape index (κ2) is 4.85. The molecular weight excluding hydrogens is 250 g/mol. The third kappa shape index (κ3) is 2.54. The van der Waals surface area contributed by atoms with Crippen molar-refractivity contribution in [2.75, 3.05) is 0 Å². The lowest BCUT2D eigenvalue weighted by Gasteiger charge is -2.10. The van der Waals surface area contributed by atoms with Gasteiger partial charge in [-0.05, 0) is 17.7 Å². The standard InChI is InChI=1S/C11H9Cl2FN2/c12-9-5-7(14)1-2-8(9)10(13)6-11-15-3-4-16-11/h1-5,10H,6H2,(H,15,16). The Hall–Kier alpha value is -1.06. The zero-order valence-electron chi connectivity index (χ0n) is 8.25. The van der Waals surface area contributed by atoms with Crippen LogP contribution in [0.2, 0.25) is 5.02 Å². The fourth-order valence-electron chi connectivity index (χ4n) is 1.44. The molecule has 2 nitrogen and oxygen atoms in total. The van der Waals surface area contributed by atoms with Crippen molar-refractivity contribution in [2.24, 2.45) is 0 Å². The lowest BCUT2D eigenvalue weighted by molar-refractivity contribution is 0.626. The molecule has 2 rings (SSSR count). The zero-order valence-corrected chi connectivity index (χ0v) is 9.76. The third-order valence-electron chi connectivity index (χ3n) is 2.23. The van der Waals surface area contributed by atoms with E-state index in [0.717, 1.165) is 5.82 Å². The molecule has 2 aromatic rings. The topological polar surface area (TPSA) is 28.7 Å². The van der Waals surface area contributed by atoms with Crippen molar-refractivity contribution in [1.82, 2.24) is 9.97 Å². The van der Waals surface area contributed by atoms with Crippen LogP contribution in [0.15, 0.2) is 30.6 Å². The van der Waals surface area contributed by atoms with Crippen molar-refractivity contribution in [2.45, 2.75) is 11.8 Å². The molecule has 1 unspecified atom stereocenters. The van der Waals surface area contributed by atoms with Gasteiger partial charge in [-0.15, -0.1) is 11.6 Å². The van der Waals surface area contributed by atoms with Crippen LogP contribution in [-0.4, -0.2) is 9.97 Å². The molecule has 1 atom stereocenters. The summed E-state index contributed by atoms with van der Waals surface area (Å²) in [5, 5.41) is 0.0193. The maximum absolute atomic E-state index is 12.8. The molecule has 1 aromatic heterocycles. The molecule has 84 valence electrons. The Labute approximate surface area is 102 Å². The molecule has 0 spiro atoms. The van der Waals surface area contributed by atoms with Crippen molar-refractivity contribution in [1.29, 1.82) is 0 Å². The molecular formula is C11H9Cl2FN2. The van der Waals surface area contributed by atoms with Crippen molar-refractivity contribution >= 4 is 23.2 Å². The normalized spacial score (nSPS) is 12.7. The molecule has 0 bridgehead atoms. The number of nitrogens with zero attached hydrogens (tertiary/aromatic N) is 1. The Kier molecular flexibility index (Phi) is 3.46. The molecule has 0 aliphatic rings. The quantitative estimate of drug-likeness (QED) is 0.836. The summed E-state index contributed by atoms with van der Waals surface area (Å²) in [6.07, 6.45) is 3.91. The van der Waals surface area contributed by atoms with E-state index in [1.807, 2.05) is 0 Å². The molecule has 5 heteroatoms. The van der Waals surface area contributed by atoms with E-state index < -0.39 is 0 Å². The summed E-state index contributed by atoms with van der Waals surface area (Å²) in [7, 11) is 0. The van der Waals surface area contributed by atoms with Gasteiger partial charge in [0.1, 0.15) is 11.6 Å². The molecule has 0 aliphatic heterocycles. The van der Waals surface area contributed by atoms with E-state index >= 15 is 0 Å². The van der Waals surface area contributed by atoms with E-state index in [0.29, 0.717) is 17.0 Å². The summed E-state index contributed by atoms with van der Waals surface area (Å²) in [5.41, 5.74) is 0.709. The Morgan fingerprint density at radius 1 is 1.44 bits per heavy atom. The Morgan fingerprint density at radius 3 is 2.88 bits per heavy atom. The van der Waals surface area contributed by atoms with E-state index in [-0.39, 0.29) is 11.2 Å².